The van der Waals surface area contributed by atoms with Crippen molar-refractivity contribution in [2.45, 2.75) is 30.2 Å². The standard InChI is InChI=1S/C24H26N4O4S/c1-17(2)15-26-23(29)19-4-3-5-22(14-19)33(31,32)21-8-6-20(7-9-21)28-24(30)27-16-18-10-12-25-13-11-18/h3-14,17H,15-16H2,1-2H3,(H,26,29)(H2,27,28,30). The summed E-state index contributed by atoms with van der Waals surface area (Å²) < 4.78 is 26.1. The molecule has 0 aliphatic carbocycles. The summed E-state index contributed by atoms with van der Waals surface area (Å²) in [6.07, 6.45) is 3.28. The molecule has 172 valence electrons. The number of nitrogens with zero attached hydrogens (tertiary/aromatic N) is 1. The van der Waals surface area contributed by atoms with Gasteiger partial charge in [-0.25, -0.2) is 13.2 Å². The number of hydrogen-bond donors (Lipinski definition) is 3. The van der Waals surface area contributed by atoms with Crippen LogP contribution in [0.1, 0.15) is 29.8 Å². The van der Waals surface area contributed by atoms with Crippen molar-refractivity contribution in [1.29, 1.82) is 0 Å². The summed E-state index contributed by atoms with van der Waals surface area (Å²) in [5, 5.41) is 8.16. The zero-order valence-electron chi connectivity index (χ0n) is 18.4. The maximum absolute atomic E-state index is 13.0. The molecule has 1 aromatic heterocycles. The summed E-state index contributed by atoms with van der Waals surface area (Å²) in [6.45, 7) is 4.79. The molecule has 0 spiro atoms. The van der Waals surface area contributed by atoms with E-state index >= 15 is 0 Å². The third-order valence-electron chi connectivity index (χ3n) is 4.70. The number of rotatable bonds is 8. The predicted molar refractivity (Wildman–Crippen MR) is 126 cm³/mol. The lowest BCUT2D eigenvalue weighted by Crippen LogP contribution is -2.28. The topological polar surface area (TPSA) is 117 Å². The van der Waals surface area contributed by atoms with Gasteiger partial charge < -0.3 is 16.0 Å². The molecule has 0 saturated carbocycles. The number of urea groups is 1. The number of nitrogens with one attached hydrogen (secondary N) is 3. The molecule has 9 heteroatoms. The maximum Gasteiger partial charge on any atom is 0.319 e. The zero-order valence-corrected chi connectivity index (χ0v) is 19.2. The molecule has 1 heterocycles. The van der Waals surface area contributed by atoms with E-state index in [9.17, 15) is 18.0 Å². The van der Waals surface area contributed by atoms with Crippen LogP contribution in [0, 0.1) is 5.92 Å². The number of anilines is 1. The number of carbonyl (C=O) groups excluding carboxylic acids is 2. The highest BCUT2D eigenvalue weighted by atomic mass is 32.2. The van der Waals surface area contributed by atoms with E-state index < -0.39 is 15.9 Å². The average molecular weight is 467 g/mol. The van der Waals surface area contributed by atoms with Crippen LogP contribution in [0.2, 0.25) is 0 Å². The van der Waals surface area contributed by atoms with Crippen LogP contribution in [0.3, 0.4) is 0 Å². The first-order chi connectivity index (χ1) is 15.8. The lowest BCUT2D eigenvalue weighted by Gasteiger charge is -2.10. The minimum Gasteiger partial charge on any atom is -0.352 e. The second kappa shape index (κ2) is 10.7. The van der Waals surface area contributed by atoms with Crippen molar-refractivity contribution in [2.75, 3.05) is 11.9 Å². The van der Waals surface area contributed by atoms with Crippen molar-refractivity contribution < 1.29 is 18.0 Å². The molecule has 0 saturated heterocycles. The van der Waals surface area contributed by atoms with E-state index in [-0.39, 0.29) is 27.2 Å². The summed E-state index contributed by atoms with van der Waals surface area (Å²) in [5.74, 6) is -0.0382. The van der Waals surface area contributed by atoms with Crippen molar-refractivity contribution in [3.05, 3.63) is 84.2 Å². The molecule has 0 radical (unpaired) electrons. The van der Waals surface area contributed by atoms with E-state index in [1.165, 1.54) is 36.4 Å². The lowest BCUT2D eigenvalue weighted by atomic mass is 10.2. The number of hydrogen-bond acceptors (Lipinski definition) is 5. The van der Waals surface area contributed by atoms with Gasteiger partial charge in [-0.1, -0.05) is 19.9 Å². The molecule has 0 fully saturated rings. The molecular weight excluding hydrogens is 440 g/mol. The highest BCUT2D eigenvalue weighted by Crippen LogP contribution is 2.23. The third kappa shape index (κ3) is 6.63. The second-order valence-electron chi connectivity index (χ2n) is 7.82. The maximum atomic E-state index is 13.0. The number of benzene rings is 2. The van der Waals surface area contributed by atoms with Crippen LogP contribution in [0.4, 0.5) is 10.5 Å². The van der Waals surface area contributed by atoms with Crippen LogP contribution in [-0.2, 0) is 16.4 Å². The normalized spacial score (nSPS) is 11.1. The Labute approximate surface area is 193 Å². The highest BCUT2D eigenvalue weighted by Gasteiger charge is 2.19. The zero-order chi connectivity index (χ0) is 23.8. The quantitative estimate of drug-likeness (QED) is 0.469. The van der Waals surface area contributed by atoms with Gasteiger partial charge in [0.15, 0.2) is 0 Å². The van der Waals surface area contributed by atoms with Crippen LogP contribution >= 0.6 is 0 Å². The lowest BCUT2D eigenvalue weighted by molar-refractivity contribution is 0.0948. The van der Waals surface area contributed by atoms with E-state index in [0.717, 1.165) is 5.56 Å². The Morgan fingerprint density at radius 3 is 2.27 bits per heavy atom. The number of pyridine rings is 1. The van der Waals surface area contributed by atoms with E-state index in [4.69, 9.17) is 0 Å². The molecule has 3 aromatic rings. The summed E-state index contributed by atoms with van der Waals surface area (Å²) >= 11 is 0. The first kappa shape index (κ1) is 23.9. The van der Waals surface area contributed by atoms with Crippen LogP contribution in [0.5, 0.6) is 0 Å². The van der Waals surface area contributed by atoms with E-state index in [0.29, 0.717) is 18.8 Å². The average Bonchev–Trinajstić information content (AvgIpc) is 2.82. The number of aromatic nitrogens is 1. The van der Waals surface area contributed by atoms with Crippen LogP contribution in [0.15, 0.2) is 82.8 Å². The Morgan fingerprint density at radius 1 is 0.909 bits per heavy atom. The van der Waals surface area contributed by atoms with Gasteiger partial charge in [-0.15, -0.1) is 0 Å². The van der Waals surface area contributed by atoms with Gasteiger partial charge in [-0.05, 0) is 66.1 Å². The molecule has 0 unspecified atom stereocenters. The summed E-state index contributed by atoms with van der Waals surface area (Å²) in [7, 11) is -3.83. The minimum atomic E-state index is -3.83. The van der Waals surface area contributed by atoms with Crippen LogP contribution in [-0.4, -0.2) is 31.9 Å². The van der Waals surface area contributed by atoms with Crippen molar-refractivity contribution in [3.8, 4) is 0 Å². The van der Waals surface area contributed by atoms with Crippen molar-refractivity contribution >= 4 is 27.5 Å². The number of sulfone groups is 1. The smallest absolute Gasteiger partial charge is 0.319 e. The SMILES string of the molecule is CC(C)CNC(=O)c1cccc(S(=O)(=O)c2ccc(NC(=O)NCc3ccncc3)cc2)c1. The second-order valence-corrected chi connectivity index (χ2v) is 9.77. The summed E-state index contributed by atoms with van der Waals surface area (Å²) in [6, 6.07) is 15.0. The Balaban J connectivity index is 1.66. The van der Waals surface area contributed by atoms with Gasteiger partial charge in [-0.3, -0.25) is 9.78 Å². The molecule has 3 N–H and O–H groups in total. The van der Waals surface area contributed by atoms with Crippen molar-refractivity contribution in [1.82, 2.24) is 15.6 Å². The molecule has 0 atom stereocenters. The van der Waals surface area contributed by atoms with E-state index in [1.807, 2.05) is 13.8 Å². The molecule has 3 rings (SSSR count). The largest absolute Gasteiger partial charge is 0.352 e. The van der Waals surface area contributed by atoms with Gasteiger partial charge in [0.05, 0.1) is 9.79 Å². The Hall–Kier alpha value is -3.72. The van der Waals surface area contributed by atoms with Crippen molar-refractivity contribution in [3.63, 3.8) is 0 Å². The van der Waals surface area contributed by atoms with E-state index in [1.54, 1.807) is 36.7 Å². The Kier molecular flexibility index (Phi) is 7.78. The van der Waals surface area contributed by atoms with Crippen molar-refractivity contribution in [2.24, 2.45) is 5.92 Å². The molecule has 0 bridgehead atoms. The summed E-state index contributed by atoms with van der Waals surface area (Å²) in [4.78, 5) is 28.4. The first-order valence-electron chi connectivity index (χ1n) is 10.4. The fourth-order valence-electron chi connectivity index (χ4n) is 2.92. The molecule has 33 heavy (non-hydrogen) atoms. The van der Waals surface area contributed by atoms with Gasteiger partial charge in [0.25, 0.3) is 5.91 Å². The fraction of sp³-hybridized carbons (Fsp3) is 0.208. The molecule has 8 nitrogen and oxygen atoms in total. The fourth-order valence-corrected chi connectivity index (χ4v) is 4.22. The van der Waals surface area contributed by atoms with Gasteiger partial charge >= 0.3 is 6.03 Å². The predicted octanol–water partition coefficient (Wildman–Crippen LogP) is 3.62. The monoisotopic (exact) mass is 466 g/mol. The third-order valence-corrected chi connectivity index (χ3v) is 6.47. The first-order valence-corrected chi connectivity index (χ1v) is 11.9. The highest BCUT2D eigenvalue weighted by molar-refractivity contribution is 7.91. The number of amides is 3. The molecule has 0 aliphatic heterocycles. The van der Waals surface area contributed by atoms with Gasteiger partial charge in [-0.2, -0.15) is 0 Å². The molecule has 2 aromatic carbocycles. The van der Waals surface area contributed by atoms with Gasteiger partial charge in [0, 0.05) is 36.7 Å². The Morgan fingerprint density at radius 2 is 1.61 bits per heavy atom. The molecular formula is C24H26N4O4S. The molecule has 0 aliphatic rings. The molecule has 3 amide bonds. The van der Waals surface area contributed by atoms with E-state index in [2.05, 4.69) is 20.9 Å². The number of carbonyl (C=O) groups is 2. The minimum absolute atomic E-state index is 0.0236. The summed E-state index contributed by atoms with van der Waals surface area (Å²) in [5.41, 5.74) is 1.63. The van der Waals surface area contributed by atoms with Gasteiger partial charge in [0.1, 0.15) is 0 Å². The Bertz CT molecular complexity index is 1210. The van der Waals surface area contributed by atoms with Gasteiger partial charge in [0.2, 0.25) is 9.84 Å². The van der Waals surface area contributed by atoms with Crippen LogP contribution < -0.4 is 16.0 Å². The van der Waals surface area contributed by atoms with Crippen LogP contribution in [0.25, 0.3) is 0 Å².